The summed E-state index contributed by atoms with van der Waals surface area (Å²) < 4.78 is 9.86. The first kappa shape index (κ1) is 14.4. The molecule has 0 N–H and O–H groups in total. The number of hydrogen-bond acceptors (Lipinski definition) is 4. The van der Waals surface area contributed by atoms with Gasteiger partial charge >= 0.3 is 11.9 Å². The monoisotopic (exact) mass is 280 g/mol. The first-order valence-electron chi connectivity index (χ1n) is 4.95. The average molecular weight is 281 g/mol. The third kappa shape index (κ3) is 8.42. The minimum absolute atomic E-state index is 0.0729. The van der Waals surface area contributed by atoms with Gasteiger partial charge in [-0.3, -0.25) is 9.59 Å². The van der Waals surface area contributed by atoms with Gasteiger partial charge in [-0.05, 0) is 6.42 Å². The van der Waals surface area contributed by atoms with Gasteiger partial charge in [0.25, 0.3) is 0 Å². The standard InChI is InChI=1S/C10H17BrO4/c1-3-10(13)15-7-9(4-5-11)6-14-8(2)12/h9H,3-7H2,1-2H3. The molecule has 0 aromatic heterocycles. The fourth-order valence-electron chi connectivity index (χ4n) is 0.917. The van der Waals surface area contributed by atoms with Gasteiger partial charge in [0.2, 0.25) is 0 Å². The first-order chi connectivity index (χ1) is 7.10. The van der Waals surface area contributed by atoms with E-state index in [4.69, 9.17) is 9.47 Å². The van der Waals surface area contributed by atoms with E-state index in [1.54, 1.807) is 6.92 Å². The van der Waals surface area contributed by atoms with Crippen LogP contribution < -0.4 is 0 Å². The Bertz CT molecular complexity index is 206. The van der Waals surface area contributed by atoms with E-state index in [1.165, 1.54) is 6.92 Å². The van der Waals surface area contributed by atoms with Crippen LogP contribution in [0.3, 0.4) is 0 Å². The molecule has 15 heavy (non-hydrogen) atoms. The molecule has 0 bridgehead atoms. The molecule has 0 rings (SSSR count). The second-order valence-electron chi connectivity index (χ2n) is 3.18. The van der Waals surface area contributed by atoms with E-state index in [0.29, 0.717) is 19.6 Å². The number of rotatable bonds is 7. The summed E-state index contributed by atoms with van der Waals surface area (Å²) in [6.07, 6.45) is 1.18. The molecule has 0 heterocycles. The molecule has 0 aliphatic carbocycles. The summed E-state index contributed by atoms with van der Waals surface area (Å²) in [6, 6.07) is 0. The third-order valence-electron chi connectivity index (χ3n) is 1.81. The predicted molar refractivity (Wildman–Crippen MR) is 59.8 cm³/mol. The van der Waals surface area contributed by atoms with Gasteiger partial charge in [-0.15, -0.1) is 0 Å². The van der Waals surface area contributed by atoms with Crippen LogP contribution in [0.4, 0.5) is 0 Å². The van der Waals surface area contributed by atoms with Gasteiger partial charge in [-0.2, -0.15) is 0 Å². The van der Waals surface area contributed by atoms with Crippen LogP contribution in [0.1, 0.15) is 26.7 Å². The number of halogens is 1. The van der Waals surface area contributed by atoms with Crippen molar-refractivity contribution in [1.29, 1.82) is 0 Å². The highest BCUT2D eigenvalue weighted by molar-refractivity contribution is 9.09. The van der Waals surface area contributed by atoms with Crippen molar-refractivity contribution in [2.45, 2.75) is 26.7 Å². The SMILES string of the molecule is CCC(=O)OCC(CCBr)COC(C)=O. The minimum Gasteiger partial charge on any atom is -0.465 e. The molecule has 0 saturated heterocycles. The zero-order chi connectivity index (χ0) is 11.7. The Morgan fingerprint density at radius 3 is 2.33 bits per heavy atom. The molecule has 0 spiro atoms. The van der Waals surface area contributed by atoms with E-state index in [-0.39, 0.29) is 17.9 Å². The molecule has 5 heteroatoms. The van der Waals surface area contributed by atoms with E-state index in [2.05, 4.69) is 15.9 Å². The number of carbonyl (C=O) groups excluding carboxylic acids is 2. The number of ether oxygens (including phenoxy) is 2. The highest BCUT2D eigenvalue weighted by Crippen LogP contribution is 2.08. The maximum Gasteiger partial charge on any atom is 0.305 e. The second-order valence-corrected chi connectivity index (χ2v) is 3.98. The molecule has 4 nitrogen and oxygen atoms in total. The lowest BCUT2D eigenvalue weighted by Gasteiger charge is -2.15. The van der Waals surface area contributed by atoms with Gasteiger partial charge in [0.1, 0.15) is 0 Å². The predicted octanol–water partition coefficient (Wildman–Crippen LogP) is 1.90. The lowest BCUT2D eigenvalue weighted by Crippen LogP contribution is -2.20. The number of hydrogen-bond donors (Lipinski definition) is 0. The van der Waals surface area contributed by atoms with Crippen LogP contribution in [0.2, 0.25) is 0 Å². The van der Waals surface area contributed by atoms with Crippen molar-refractivity contribution in [3.05, 3.63) is 0 Å². The van der Waals surface area contributed by atoms with Crippen molar-refractivity contribution in [1.82, 2.24) is 0 Å². The summed E-state index contributed by atoms with van der Waals surface area (Å²) in [5.41, 5.74) is 0. The molecule has 0 aromatic rings. The van der Waals surface area contributed by atoms with Gasteiger partial charge in [-0.1, -0.05) is 22.9 Å². The Kier molecular flexibility index (Phi) is 8.37. The normalized spacial score (nSPS) is 11.9. The van der Waals surface area contributed by atoms with Gasteiger partial charge in [0.05, 0.1) is 13.2 Å². The maximum absolute atomic E-state index is 10.9. The molecule has 0 aromatic carbocycles. The van der Waals surface area contributed by atoms with Gasteiger partial charge in [0.15, 0.2) is 0 Å². The lowest BCUT2D eigenvalue weighted by molar-refractivity contribution is -0.147. The van der Waals surface area contributed by atoms with Gasteiger partial charge < -0.3 is 9.47 Å². The largest absolute Gasteiger partial charge is 0.465 e. The maximum atomic E-state index is 10.9. The Balaban J connectivity index is 3.81. The number of carbonyl (C=O) groups is 2. The highest BCUT2D eigenvalue weighted by atomic mass is 79.9. The van der Waals surface area contributed by atoms with E-state index >= 15 is 0 Å². The summed E-state index contributed by atoms with van der Waals surface area (Å²) in [5, 5.41) is 0.794. The molecule has 0 aliphatic heterocycles. The fourth-order valence-corrected chi connectivity index (χ4v) is 1.56. The van der Waals surface area contributed by atoms with E-state index < -0.39 is 0 Å². The molecule has 1 unspecified atom stereocenters. The van der Waals surface area contributed by atoms with Crippen LogP contribution in [-0.4, -0.2) is 30.5 Å². The van der Waals surface area contributed by atoms with Crippen molar-refractivity contribution in [2.24, 2.45) is 5.92 Å². The molecule has 1 atom stereocenters. The fraction of sp³-hybridized carbons (Fsp3) is 0.800. The molecular formula is C10H17BrO4. The summed E-state index contributed by atoms with van der Waals surface area (Å²) in [6.45, 7) is 3.72. The number of esters is 2. The van der Waals surface area contributed by atoms with Gasteiger partial charge in [0, 0.05) is 24.6 Å². The van der Waals surface area contributed by atoms with Crippen LogP contribution in [0.5, 0.6) is 0 Å². The topological polar surface area (TPSA) is 52.6 Å². The molecule has 0 radical (unpaired) electrons. The van der Waals surface area contributed by atoms with Crippen LogP contribution in [-0.2, 0) is 19.1 Å². The van der Waals surface area contributed by atoms with Crippen molar-refractivity contribution < 1.29 is 19.1 Å². The quantitative estimate of drug-likeness (QED) is 0.528. The van der Waals surface area contributed by atoms with Crippen molar-refractivity contribution in [2.75, 3.05) is 18.5 Å². The zero-order valence-electron chi connectivity index (χ0n) is 9.12. The van der Waals surface area contributed by atoms with Crippen LogP contribution in [0.15, 0.2) is 0 Å². The van der Waals surface area contributed by atoms with Crippen LogP contribution in [0.25, 0.3) is 0 Å². The Hall–Kier alpha value is -0.580. The van der Waals surface area contributed by atoms with Crippen LogP contribution in [0, 0.1) is 5.92 Å². The highest BCUT2D eigenvalue weighted by Gasteiger charge is 2.12. The lowest BCUT2D eigenvalue weighted by atomic mass is 10.1. The van der Waals surface area contributed by atoms with E-state index in [9.17, 15) is 9.59 Å². The molecule has 0 amide bonds. The Labute approximate surface area is 98.4 Å². The smallest absolute Gasteiger partial charge is 0.305 e. The summed E-state index contributed by atoms with van der Waals surface area (Å²) in [5.74, 6) is -0.461. The molecule has 0 aliphatic rings. The molecule has 0 saturated carbocycles. The second kappa shape index (κ2) is 8.71. The first-order valence-corrected chi connectivity index (χ1v) is 6.07. The third-order valence-corrected chi connectivity index (χ3v) is 2.27. The van der Waals surface area contributed by atoms with E-state index in [1.807, 2.05) is 0 Å². The van der Waals surface area contributed by atoms with Crippen molar-refractivity contribution >= 4 is 27.9 Å². The Morgan fingerprint density at radius 1 is 1.27 bits per heavy atom. The molecule has 0 fully saturated rings. The molecule has 88 valence electrons. The van der Waals surface area contributed by atoms with Gasteiger partial charge in [-0.25, -0.2) is 0 Å². The van der Waals surface area contributed by atoms with Crippen molar-refractivity contribution in [3.63, 3.8) is 0 Å². The average Bonchev–Trinajstić information content (AvgIpc) is 2.21. The minimum atomic E-state index is -0.309. The summed E-state index contributed by atoms with van der Waals surface area (Å²) >= 11 is 3.30. The summed E-state index contributed by atoms with van der Waals surface area (Å²) in [4.78, 5) is 21.5. The van der Waals surface area contributed by atoms with Crippen LogP contribution >= 0.6 is 15.9 Å². The molecular weight excluding hydrogens is 264 g/mol. The zero-order valence-corrected chi connectivity index (χ0v) is 10.7. The summed E-state index contributed by atoms with van der Waals surface area (Å²) in [7, 11) is 0. The van der Waals surface area contributed by atoms with E-state index in [0.717, 1.165) is 11.8 Å². The van der Waals surface area contributed by atoms with Crippen molar-refractivity contribution in [3.8, 4) is 0 Å². The Morgan fingerprint density at radius 2 is 1.87 bits per heavy atom. The number of alkyl halides is 1.